The van der Waals surface area contributed by atoms with Crippen LogP contribution in [0.25, 0.3) is 0 Å². The maximum Gasteiger partial charge on any atom is 0.491 e. The van der Waals surface area contributed by atoms with E-state index >= 15 is 0 Å². The van der Waals surface area contributed by atoms with E-state index in [1.165, 1.54) is 0 Å². The Balaban J connectivity index is 1.69. The molecular formula is C13H12BN3O3. The number of carbonyl (C=O) groups is 1. The van der Waals surface area contributed by atoms with Crippen LogP contribution in [-0.4, -0.2) is 23.2 Å². The molecule has 1 aliphatic heterocycles. The molecule has 6 nitrogen and oxygen atoms in total. The molecule has 1 aromatic heterocycles. The van der Waals surface area contributed by atoms with Gasteiger partial charge < -0.3 is 20.3 Å². The number of amides is 2. The molecule has 0 aliphatic carbocycles. The molecule has 0 saturated heterocycles. The first-order chi connectivity index (χ1) is 9.72. The maximum absolute atomic E-state index is 11.8. The molecule has 0 fully saturated rings. The number of urea groups is 1. The van der Waals surface area contributed by atoms with Crippen LogP contribution in [0.4, 0.5) is 16.2 Å². The van der Waals surface area contributed by atoms with Gasteiger partial charge in [-0.3, -0.25) is 4.98 Å². The topological polar surface area (TPSA) is 83.5 Å². The van der Waals surface area contributed by atoms with Gasteiger partial charge in [0.1, 0.15) is 0 Å². The molecule has 0 atom stereocenters. The normalized spacial score (nSPS) is 12.9. The minimum atomic E-state index is -0.923. The van der Waals surface area contributed by atoms with Crippen LogP contribution in [0.15, 0.2) is 42.7 Å². The van der Waals surface area contributed by atoms with Crippen LogP contribution in [0.1, 0.15) is 5.56 Å². The average molecular weight is 269 g/mol. The fraction of sp³-hybridized carbons (Fsp3) is 0.0769. The van der Waals surface area contributed by atoms with Crippen molar-refractivity contribution >= 4 is 30.0 Å². The molecule has 0 unspecified atom stereocenters. The molecule has 0 radical (unpaired) electrons. The summed E-state index contributed by atoms with van der Waals surface area (Å²) in [5.74, 6) is 0. The lowest BCUT2D eigenvalue weighted by Crippen LogP contribution is -2.29. The van der Waals surface area contributed by atoms with E-state index in [1.807, 2.05) is 6.07 Å². The smallest absolute Gasteiger partial charge is 0.423 e. The third-order valence-corrected chi connectivity index (χ3v) is 2.99. The van der Waals surface area contributed by atoms with Crippen LogP contribution < -0.4 is 16.1 Å². The zero-order valence-electron chi connectivity index (χ0n) is 10.5. The number of carbonyl (C=O) groups excluding carboxylic acids is 1. The van der Waals surface area contributed by atoms with Crippen LogP contribution in [0.5, 0.6) is 0 Å². The highest BCUT2D eigenvalue weighted by Crippen LogP contribution is 2.15. The zero-order chi connectivity index (χ0) is 13.9. The van der Waals surface area contributed by atoms with E-state index in [1.54, 1.807) is 36.7 Å². The number of nitrogens with one attached hydrogen (secondary N) is 2. The van der Waals surface area contributed by atoms with Crippen molar-refractivity contribution in [1.82, 2.24) is 4.98 Å². The predicted octanol–water partition coefficient (Wildman–Crippen LogP) is 0.943. The summed E-state index contributed by atoms with van der Waals surface area (Å²) in [6.45, 7) is 0.388. The molecular weight excluding hydrogens is 257 g/mol. The molecule has 3 rings (SSSR count). The fourth-order valence-electron chi connectivity index (χ4n) is 2.02. The van der Waals surface area contributed by atoms with E-state index in [4.69, 9.17) is 4.65 Å². The Bertz CT molecular complexity index is 636. The van der Waals surface area contributed by atoms with Gasteiger partial charge in [-0.15, -0.1) is 0 Å². The van der Waals surface area contributed by atoms with Gasteiger partial charge in [0, 0.05) is 11.9 Å². The monoisotopic (exact) mass is 269 g/mol. The van der Waals surface area contributed by atoms with Crippen LogP contribution >= 0.6 is 0 Å². The maximum atomic E-state index is 11.8. The summed E-state index contributed by atoms with van der Waals surface area (Å²) in [5, 5.41) is 15.0. The molecule has 7 heteroatoms. The van der Waals surface area contributed by atoms with Crippen LogP contribution in [-0.2, 0) is 11.3 Å². The molecule has 2 heterocycles. The first-order valence-corrected chi connectivity index (χ1v) is 6.13. The predicted molar refractivity (Wildman–Crippen MR) is 75.7 cm³/mol. The van der Waals surface area contributed by atoms with Crippen molar-refractivity contribution in [3.8, 4) is 0 Å². The Hall–Kier alpha value is -2.38. The Morgan fingerprint density at radius 2 is 2.15 bits per heavy atom. The molecule has 100 valence electrons. The standard InChI is InChI=1S/C13H12BN3O3/c18-13(17-11-2-1-5-15-7-11)16-10-4-3-9-8-20-14(19)12(9)6-10/h1-7,19H,8H2,(H2,16,17,18). The highest BCUT2D eigenvalue weighted by Gasteiger charge is 2.27. The summed E-state index contributed by atoms with van der Waals surface area (Å²) < 4.78 is 5.10. The Kier molecular flexibility index (Phi) is 3.36. The first kappa shape index (κ1) is 12.6. The van der Waals surface area contributed by atoms with Crippen molar-refractivity contribution < 1.29 is 14.5 Å². The number of benzene rings is 1. The number of hydrogen-bond donors (Lipinski definition) is 3. The van der Waals surface area contributed by atoms with E-state index in [-0.39, 0.29) is 6.03 Å². The molecule has 1 aliphatic rings. The number of pyridine rings is 1. The summed E-state index contributed by atoms with van der Waals surface area (Å²) in [7, 11) is -0.923. The molecule has 0 bridgehead atoms. The number of anilines is 2. The van der Waals surface area contributed by atoms with Crippen molar-refractivity contribution in [2.45, 2.75) is 6.61 Å². The lowest BCUT2D eigenvalue weighted by atomic mass is 9.79. The van der Waals surface area contributed by atoms with Crippen molar-refractivity contribution in [1.29, 1.82) is 0 Å². The molecule has 0 spiro atoms. The van der Waals surface area contributed by atoms with Gasteiger partial charge in [-0.1, -0.05) is 6.07 Å². The molecule has 20 heavy (non-hydrogen) atoms. The van der Waals surface area contributed by atoms with Crippen LogP contribution in [0.2, 0.25) is 0 Å². The second kappa shape index (κ2) is 5.32. The van der Waals surface area contributed by atoms with Crippen molar-refractivity contribution in [3.05, 3.63) is 48.3 Å². The Morgan fingerprint density at radius 3 is 2.95 bits per heavy atom. The van der Waals surface area contributed by atoms with Gasteiger partial charge in [-0.2, -0.15) is 0 Å². The minimum absolute atomic E-state index is 0.369. The summed E-state index contributed by atoms with van der Waals surface area (Å²) in [4.78, 5) is 15.7. The summed E-state index contributed by atoms with van der Waals surface area (Å²) in [5.41, 5.74) is 2.81. The minimum Gasteiger partial charge on any atom is -0.423 e. The number of hydrogen-bond acceptors (Lipinski definition) is 4. The quantitative estimate of drug-likeness (QED) is 0.708. The van der Waals surface area contributed by atoms with Gasteiger partial charge in [0.15, 0.2) is 0 Å². The van der Waals surface area contributed by atoms with Crippen molar-refractivity contribution in [2.75, 3.05) is 10.6 Å². The Morgan fingerprint density at radius 1 is 1.30 bits per heavy atom. The van der Waals surface area contributed by atoms with Crippen LogP contribution in [0.3, 0.4) is 0 Å². The van der Waals surface area contributed by atoms with Gasteiger partial charge >= 0.3 is 13.1 Å². The lowest BCUT2D eigenvalue weighted by Gasteiger charge is -2.08. The first-order valence-electron chi connectivity index (χ1n) is 6.13. The highest BCUT2D eigenvalue weighted by atomic mass is 16.5. The van der Waals surface area contributed by atoms with Gasteiger partial charge in [0.25, 0.3) is 0 Å². The SMILES string of the molecule is O=C(Nc1cccnc1)Nc1ccc2c(c1)B(O)OC2. The van der Waals surface area contributed by atoms with Crippen molar-refractivity contribution in [3.63, 3.8) is 0 Å². The number of fused-ring (bicyclic) bond motifs is 1. The summed E-state index contributed by atoms with van der Waals surface area (Å²) >= 11 is 0. The Labute approximate surface area is 115 Å². The second-order valence-corrected chi connectivity index (χ2v) is 4.40. The van der Waals surface area contributed by atoms with Gasteiger partial charge in [0.2, 0.25) is 0 Å². The molecule has 1 aromatic carbocycles. The van der Waals surface area contributed by atoms with E-state index in [9.17, 15) is 9.82 Å². The average Bonchev–Trinajstić information content (AvgIpc) is 2.81. The number of nitrogens with zero attached hydrogens (tertiary/aromatic N) is 1. The molecule has 2 aromatic rings. The third kappa shape index (κ3) is 2.63. The van der Waals surface area contributed by atoms with E-state index in [0.29, 0.717) is 23.4 Å². The number of rotatable bonds is 2. The lowest BCUT2D eigenvalue weighted by molar-refractivity contribution is 0.262. The molecule has 0 saturated carbocycles. The number of aromatic nitrogens is 1. The summed E-state index contributed by atoms with van der Waals surface area (Å²) in [6.07, 6.45) is 3.19. The second-order valence-electron chi connectivity index (χ2n) is 4.40. The molecule has 3 N–H and O–H groups in total. The van der Waals surface area contributed by atoms with Gasteiger partial charge in [0.05, 0.1) is 18.5 Å². The van der Waals surface area contributed by atoms with Gasteiger partial charge in [-0.25, -0.2) is 4.79 Å². The summed E-state index contributed by atoms with van der Waals surface area (Å²) in [6, 6.07) is 8.40. The zero-order valence-corrected chi connectivity index (χ0v) is 10.5. The largest absolute Gasteiger partial charge is 0.491 e. The molecule has 2 amide bonds. The highest BCUT2D eigenvalue weighted by molar-refractivity contribution is 6.61. The third-order valence-electron chi connectivity index (χ3n) is 2.99. The van der Waals surface area contributed by atoms with Crippen LogP contribution in [0, 0.1) is 0 Å². The van der Waals surface area contributed by atoms with Crippen molar-refractivity contribution in [2.24, 2.45) is 0 Å². The van der Waals surface area contributed by atoms with Gasteiger partial charge in [-0.05, 0) is 35.3 Å². The van der Waals surface area contributed by atoms with E-state index < -0.39 is 7.12 Å². The van der Waals surface area contributed by atoms with E-state index in [2.05, 4.69) is 15.6 Å². The van der Waals surface area contributed by atoms with E-state index in [0.717, 1.165) is 5.56 Å². The fourth-order valence-corrected chi connectivity index (χ4v) is 2.02.